The average molecular weight is 209 g/mol. The summed E-state index contributed by atoms with van der Waals surface area (Å²) in [6.45, 7) is 4.83. The molecule has 2 saturated carbocycles. The Kier molecular flexibility index (Phi) is 4.07. The zero-order valence-corrected chi connectivity index (χ0v) is 10.5. The smallest absolute Gasteiger partial charge is 0.00721 e. The van der Waals surface area contributed by atoms with Gasteiger partial charge in [0.05, 0.1) is 0 Å². The Bertz CT molecular complexity index is 170. The van der Waals surface area contributed by atoms with E-state index in [1.807, 2.05) is 0 Å². The minimum Gasteiger partial charge on any atom is -0.311 e. The van der Waals surface area contributed by atoms with E-state index in [9.17, 15) is 0 Å². The molecule has 4 atom stereocenters. The predicted octanol–water partition coefficient (Wildman–Crippen LogP) is 3.73. The molecule has 0 amide bonds. The van der Waals surface area contributed by atoms with Gasteiger partial charge in [-0.05, 0) is 37.5 Å². The molecule has 2 fully saturated rings. The van der Waals surface area contributed by atoms with Crippen molar-refractivity contribution >= 4 is 0 Å². The van der Waals surface area contributed by atoms with Gasteiger partial charge < -0.3 is 5.32 Å². The standard InChI is InChI=1S/C14H27N/c1-11-5-3-7-13(9-11)15-14-8-4-6-12(2)10-14/h11-15H,3-10H2,1-2H3/t11-,12-,13-,14-/m1/s1. The van der Waals surface area contributed by atoms with Gasteiger partial charge in [-0.3, -0.25) is 0 Å². The fourth-order valence-corrected chi connectivity index (χ4v) is 3.50. The van der Waals surface area contributed by atoms with Crippen LogP contribution in [-0.4, -0.2) is 12.1 Å². The normalized spacial score (nSPS) is 42.8. The van der Waals surface area contributed by atoms with Crippen molar-refractivity contribution in [2.75, 3.05) is 0 Å². The van der Waals surface area contributed by atoms with Crippen LogP contribution in [0.2, 0.25) is 0 Å². The van der Waals surface area contributed by atoms with E-state index in [4.69, 9.17) is 0 Å². The largest absolute Gasteiger partial charge is 0.311 e. The first-order valence-electron chi connectivity index (χ1n) is 7.00. The summed E-state index contributed by atoms with van der Waals surface area (Å²) in [5, 5.41) is 3.92. The van der Waals surface area contributed by atoms with Gasteiger partial charge in [-0.15, -0.1) is 0 Å². The predicted molar refractivity (Wildman–Crippen MR) is 66.0 cm³/mol. The fourth-order valence-electron chi connectivity index (χ4n) is 3.50. The van der Waals surface area contributed by atoms with Crippen molar-refractivity contribution in [2.24, 2.45) is 11.8 Å². The van der Waals surface area contributed by atoms with Gasteiger partial charge in [-0.2, -0.15) is 0 Å². The lowest BCUT2D eigenvalue weighted by Crippen LogP contribution is -2.42. The van der Waals surface area contributed by atoms with Crippen LogP contribution in [-0.2, 0) is 0 Å². The maximum atomic E-state index is 3.92. The second-order valence-corrected chi connectivity index (χ2v) is 6.10. The molecule has 2 aliphatic carbocycles. The zero-order chi connectivity index (χ0) is 10.7. The summed E-state index contributed by atoms with van der Waals surface area (Å²) in [4.78, 5) is 0. The van der Waals surface area contributed by atoms with Crippen LogP contribution in [0.15, 0.2) is 0 Å². The van der Waals surface area contributed by atoms with E-state index >= 15 is 0 Å². The maximum absolute atomic E-state index is 3.92. The molecular weight excluding hydrogens is 182 g/mol. The van der Waals surface area contributed by atoms with Gasteiger partial charge in [0.1, 0.15) is 0 Å². The second-order valence-electron chi connectivity index (χ2n) is 6.10. The monoisotopic (exact) mass is 209 g/mol. The first-order valence-corrected chi connectivity index (χ1v) is 7.00. The molecule has 0 saturated heterocycles. The van der Waals surface area contributed by atoms with Crippen LogP contribution in [0, 0.1) is 11.8 Å². The van der Waals surface area contributed by atoms with Gasteiger partial charge in [-0.1, -0.05) is 39.5 Å². The molecule has 0 bridgehead atoms. The van der Waals surface area contributed by atoms with Crippen LogP contribution >= 0.6 is 0 Å². The summed E-state index contributed by atoms with van der Waals surface area (Å²) in [6.07, 6.45) is 11.5. The Balaban J connectivity index is 1.75. The van der Waals surface area contributed by atoms with E-state index in [2.05, 4.69) is 19.2 Å². The summed E-state index contributed by atoms with van der Waals surface area (Å²) in [7, 11) is 0. The number of hydrogen-bond acceptors (Lipinski definition) is 1. The van der Waals surface area contributed by atoms with Crippen molar-refractivity contribution in [1.82, 2.24) is 5.32 Å². The highest BCUT2D eigenvalue weighted by atomic mass is 15.0. The van der Waals surface area contributed by atoms with Crippen LogP contribution in [0.25, 0.3) is 0 Å². The minimum atomic E-state index is 0.837. The van der Waals surface area contributed by atoms with E-state index < -0.39 is 0 Å². The van der Waals surface area contributed by atoms with Gasteiger partial charge in [0.2, 0.25) is 0 Å². The summed E-state index contributed by atoms with van der Waals surface area (Å²) >= 11 is 0. The summed E-state index contributed by atoms with van der Waals surface area (Å²) in [5.41, 5.74) is 0. The van der Waals surface area contributed by atoms with Crippen LogP contribution in [0.1, 0.15) is 65.2 Å². The van der Waals surface area contributed by atoms with Crippen molar-refractivity contribution in [2.45, 2.75) is 77.3 Å². The molecule has 1 N–H and O–H groups in total. The first kappa shape index (κ1) is 11.4. The van der Waals surface area contributed by atoms with E-state index in [0.29, 0.717) is 0 Å². The molecule has 0 aromatic heterocycles. The van der Waals surface area contributed by atoms with Gasteiger partial charge in [0.25, 0.3) is 0 Å². The van der Waals surface area contributed by atoms with E-state index in [0.717, 1.165) is 23.9 Å². The van der Waals surface area contributed by atoms with Crippen LogP contribution in [0.3, 0.4) is 0 Å². The Morgan fingerprint density at radius 3 is 1.60 bits per heavy atom. The molecule has 0 aromatic rings. The molecule has 0 aromatic carbocycles. The molecule has 2 aliphatic rings. The maximum Gasteiger partial charge on any atom is 0.00721 e. The van der Waals surface area contributed by atoms with Crippen LogP contribution in [0.5, 0.6) is 0 Å². The molecule has 0 spiro atoms. The molecule has 0 radical (unpaired) electrons. The number of nitrogens with one attached hydrogen (secondary N) is 1. The zero-order valence-electron chi connectivity index (χ0n) is 10.5. The first-order chi connectivity index (χ1) is 7.24. The van der Waals surface area contributed by atoms with Crippen molar-refractivity contribution in [3.05, 3.63) is 0 Å². The van der Waals surface area contributed by atoms with Gasteiger partial charge in [0, 0.05) is 12.1 Å². The van der Waals surface area contributed by atoms with Crippen molar-refractivity contribution in [3.8, 4) is 0 Å². The molecule has 0 heterocycles. The molecule has 0 aliphatic heterocycles. The third kappa shape index (κ3) is 3.48. The Hall–Kier alpha value is -0.0400. The number of hydrogen-bond donors (Lipinski definition) is 1. The Labute approximate surface area is 95.0 Å². The van der Waals surface area contributed by atoms with Crippen molar-refractivity contribution < 1.29 is 0 Å². The fraction of sp³-hybridized carbons (Fsp3) is 1.00. The summed E-state index contributed by atoms with van der Waals surface area (Å²) in [6, 6.07) is 1.67. The van der Waals surface area contributed by atoms with Crippen molar-refractivity contribution in [1.29, 1.82) is 0 Å². The average Bonchev–Trinajstić information content (AvgIpc) is 2.17. The van der Waals surface area contributed by atoms with Gasteiger partial charge in [0.15, 0.2) is 0 Å². The van der Waals surface area contributed by atoms with Crippen LogP contribution in [0.4, 0.5) is 0 Å². The molecule has 0 unspecified atom stereocenters. The molecular formula is C14H27N. The number of rotatable bonds is 2. The highest BCUT2D eigenvalue weighted by Gasteiger charge is 2.24. The molecule has 2 rings (SSSR count). The van der Waals surface area contributed by atoms with E-state index in [-0.39, 0.29) is 0 Å². The molecule has 88 valence electrons. The quantitative estimate of drug-likeness (QED) is 0.730. The van der Waals surface area contributed by atoms with E-state index in [1.165, 1.54) is 51.4 Å². The molecule has 1 heteroatoms. The lowest BCUT2D eigenvalue weighted by atomic mass is 9.83. The Morgan fingerprint density at radius 2 is 1.20 bits per heavy atom. The third-order valence-corrected chi connectivity index (χ3v) is 4.34. The van der Waals surface area contributed by atoms with E-state index in [1.54, 1.807) is 0 Å². The SMILES string of the molecule is C[C@@H]1CCC[C@@H](N[C@@H]2CCC[C@@H](C)C2)C1. The molecule has 15 heavy (non-hydrogen) atoms. The lowest BCUT2D eigenvalue weighted by Gasteiger charge is -2.34. The van der Waals surface area contributed by atoms with Crippen LogP contribution < -0.4 is 5.32 Å². The molecule has 1 nitrogen and oxygen atoms in total. The van der Waals surface area contributed by atoms with Gasteiger partial charge >= 0.3 is 0 Å². The summed E-state index contributed by atoms with van der Waals surface area (Å²) in [5.74, 6) is 1.91. The van der Waals surface area contributed by atoms with Gasteiger partial charge in [-0.25, -0.2) is 0 Å². The van der Waals surface area contributed by atoms with Crippen molar-refractivity contribution in [3.63, 3.8) is 0 Å². The second kappa shape index (κ2) is 5.34. The highest BCUT2D eigenvalue weighted by Crippen LogP contribution is 2.27. The topological polar surface area (TPSA) is 12.0 Å². The lowest BCUT2D eigenvalue weighted by molar-refractivity contribution is 0.232. The highest BCUT2D eigenvalue weighted by molar-refractivity contribution is 4.82. The summed E-state index contributed by atoms with van der Waals surface area (Å²) < 4.78 is 0. The minimum absolute atomic E-state index is 0.837. The third-order valence-electron chi connectivity index (χ3n) is 4.34. The Morgan fingerprint density at radius 1 is 0.733 bits per heavy atom.